The van der Waals surface area contributed by atoms with Crippen LogP contribution in [0.5, 0.6) is 11.5 Å². The van der Waals surface area contributed by atoms with Gasteiger partial charge in [-0.05, 0) is 71.5 Å². The monoisotopic (exact) mass is 461 g/mol. The standard InChI is InChI=1S/C26H24BrNO2/c1-16-22(27)12-13-23-24(16)21(25(29)28-23)15-17-6-5-7-20(14-17)30-19-10-8-18(9-11-19)26(2,3)4/h5-15H,1-4H3,(H,28,29). The lowest BCUT2D eigenvalue weighted by Crippen LogP contribution is -2.10. The number of ether oxygens (including phenoxy) is 1. The molecule has 30 heavy (non-hydrogen) atoms. The van der Waals surface area contributed by atoms with Gasteiger partial charge in [-0.15, -0.1) is 0 Å². The van der Waals surface area contributed by atoms with Crippen molar-refractivity contribution in [3.05, 3.63) is 87.4 Å². The second-order valence-corrected chi connectivity index (χ2v) is 9.41. The Morgan fingerprint density at radius 3 is 2.40 bits per heavy atom. The van der Waals surface area contributed by atoms with Crippen LogP contribution >= 0.6 is 15.9 Å². The molecule has 4 heteroatoms. The molecule has 3 aromatic carbocycles. The molecule has 1 aliphatic rings. The first kappa shape index (κ1) is 20.4. The van der Waals surface area contributed by atoms with Gasteiger partial charge in [-0.1, -0.05) is 61.0 Å². The third-order valence-corrected chi connectivity index (χ3v) is 6.15. The average Bonchev–Trinajstić information content (AvgIpc) is 3.01. The molecular formula is C26H24BrNO2. The molecule has 152 valence electrons. The average molecular weight is 462 g/mol. The lowest BCUT2D eigenvalue weighted by molar-refractivity contribution is -0.110. The third kappa shape index (κ3) is 4.05. The van der Waals surface area contributed by atoms with E-state index in [1.807, 2.05) is 61.5 Å². The van der Waals surface area contributed by atoms with Gasteiger partial charge in [0.2, 0.25) is 0 Å². The molecule has 0 atom stereocenters. The van der Waals surface area contributed by atoms with Crippen molar-refractivity contribution < 1.29 is 9.53 Å². The Morgan fingerprint density at radius 1 is 0.967 bits per heavy atom. The van der Waals surface area contributed by atoms with Crippen LogP contribution in [0.15, 0.2) is 65.1 Å². The summed E-state index contributed by atoms with van der Waals surface area (Å²) in [7, 11) is 0. The summed E-state index contributed by atoms with van der Waals surface area (Å²) in [5.41, 5.74) is 5.78. The number of rotatable bonds is 3. The maximum absolute atomic E-state index is 12.6. The highest BCUT2D eigenvalue weighted by Gasteiger charge is 2.26. The minimum Gasteiger partial charge on any atom is -0.457 e. The van der Waals surface area contributed by atoms with Crippen LogP contribution in [0.1, 0.15) is 43.0 Å². The van der Waals surface area contributed by atoms with Crippen LogP contribution < -0.4 is 10.1 Å². The van der Waals surface area contributed by atoms with Gasteiger partial charge in [-0.3, -0.25) is 4.79 Å². The predicted octanol–water partition coefficient (Wildman–Crippen LogP) is 7.34. The van der Waals surface area contributed by atoms with Crippen molar-refractivity contribution in [1.29, 1.82) is 0 Å². The zero-order chi connectivity index (χ0) is 21.5. The minimum atomic E-state index is -0.0877. The number of benzene rings is 3. The summed E-state index contributed by atoms with van der Waals surface area (Å²) in [6.07, 6.45) is 1.91. The maximum Gasteiger partial charge on any atom is 0.256 e. The van der Waals surface area contributed by atoms with E-state index in [4.69, 9.17) is 4.74 Å². The van der Waals surface area contributed by atoms with E-state index in [1.54, 1.807) is 0 Å². The molecule has 1 heterocycles. The number of anilines is 1. The summed E-state index contributed by atoms with van der Waals surface area (Å²) in [6, 6.07) is 19.8. The molecular weight excluding hydrogens is 438 g/mol. The smallest absolute Gasteiger partial charge is 0.256 e. The summed E-state index contributed by atoms with van der Waals surface area (Å²) < 4.78 is 7.04. The van der Waals surface area contributed by atoms with Crippen LogP contribution in [0.3, 0.4) is 0 Å². The van der Waals surface area contributed by atoms with E-state index >= 15 is 0 Å². The molecule has 0 saturated heterocycles. The largest absolute Gasteiger partial charge is 0.457 e. The van der Waals surface area contributed by atoms with Gasteiger partial charge in [-0.25, -0.2) is 0 Å². The molecule has 0 spiro atoms. The third-order valence-electron chi connectivity index (χ3n) is 5.29. The van der Waals surface area contributed by atoms with Crippen LogP contribution in [-0.2, 0) is 10.2 Å². The van der Waals surface area contributed by atoms with Gasteiger partial charge in [0.05, 0.1) is 0 Å². The van der Waals surface area contributed by atoms with Gasteiger partial charge < -0.3 is 10.1 Å². The van der Waals surface area contributed by atoms with Crippen molar-refractivity contribution in [3.63, 3.8) is 0 Å². The fraction of sp³-hybridized carbons (Fsp3) is 0.192. The van der Waals surface area contributed by atoms with Crippen LogP contribution in [-0.4, -0.2) is 5.91 Å². The SMILES string of the molecule is Cc1c(Br)ccc2c1C(=Cc1cccc(Oc3ccc(C(C)(C)C)cc3)c1)C(=O)N2. The summed E-state index contributed by atoms with van der Waals surface area (Å²) in [5.74, 6) is 1.43. The lowest BCUT2D eigenvalue weighted by atomic mass is 9.87. The molecule has 0 fully saturated rings. The highest BCUT2D eigenvalue weighted by molar-refractivity contribution is 9.10. The first-order valence-electron chi connectivity index (χ1n) is 9.93. The highest BCUT2D eigenvalue weighted by atomic mass is 79.9. The van der Waals surface area contributed by atoms with Gasteiger partial charge in [-0.2, -0.15) is 0 Å². The molecule has 0 bridgehead atoms. The van der Waals surface area contributed by atoms with Gasteiger partial charge in [0.25, 0.3) is 5.91 Å². The van der Waals surface area contributed by atoms with E-state index in [0.717, 1.165) is 38.3 Å². The van der Waals surface area contributed by atoms with Gasteiger partial charge in [0.15, 0.2) is 0 Å². The quantitative estimate of drug-likeness (QED) is 0.414. The van der Waals surface area contributed by atoms with Crippen molar-refractivity contribution in [2.24, 2.45) is 0 Å². The minimum absolute atomic E-state index is 0.0877. The molecule has 0 unspecified atom stereocenters. The molecule has 3 nitrogen and oxygen atoms in total. The van der Waals surface area contributed by atoms with Crippen LogP contribution in [0.2, 0.25) is 0 Å². The fourth-order valence-corrected chi connectivity index (χ4v) is 3.90. The van der Waals surface area contributed by atoms with E-state index in [2.05, 4.69) is 54.2 Å². The van der Waals surface area contributed by atoms with Crippen molar-refractivity contribution in [3.8, 4) is 11.5 Å². The molecule has 1 N–H and O–H groups in total. The number of hydrogen-bond donors (Lipinski definition) is 1. The van der Waals surface area contributed by atoms with Gasteiger partial charge >= 0.3 is 0 Å². The predicted molar refractivity (Wildman–Crippen MR) is 127 cm³/mol. The zero-order valence-electron chi connectivity index (χ0n) is 17.5. The van der Waals surface area contributed by atoms with Crippen LogP contribution in [0, 0.1) is 6.92 Å². The first-order valence-corrected chi connectivity index (χ1v) is 10.7. The summed E-state index contributed by atoms with van der Waals surface area (Å²) >= 11 is 3.56. The van der Waals surface area contributed by atoms with E-state index in [1.165, 1.54) is 5.56 Å². The molecule has 0 aromatic heterocycles. The molecule has 3 aromatic rings. The number of carbonyl (C=O) groups is 1. The fourth-order valence-electron chi connectivity index (χ4n) is 3.57. The summed E-state index contributed by atoms with van der Waals surface area (Å²) in [5, 5.41) is 2.95. The second-order valence-electron chi connectivity index (χ2n) is 8.56. The maximum atomic E-state index is 12.6. The second kappa shape index (κ2) is 7.77. The van der Waals surface area contributed by atoms with E-state index in [-0.39, 0.29) is 11.3 Å². The number of amides is 1. The van der Waals surface area contributed by atoms with Crippen LogP contribution in [0.25, 0.3) is 11.6 Å². The zero-order valence-corrected chi connectivity index (χ0v) is 19.1. The first-order chi connectivity index (χ1) is 14.2. The van der Waals surface area contributed by atoms with Gasteiger partial charge in [0, 0.05) is 21.3 Å². The molecule has 1 aliphatic heterocycles. The number of halogens is 1. The van der Waals surface area contributed by atoms with Crippen molar-refractivity contribution in [1.82, 2.24) is 0 Å². The molecule has 4 rings (SSSR count). The summed E-state index contributed by atoms with van der Waals surface area (Å²) in [6.45, 7) is 8.59. The highest BCUT2D eigenvalue weighted by Crippen LogP contribution is 2.39. The molecule has 0 saturated carbocycles. The molecule has 1 amide bonds. The number of fused-ring (bicyclic) bond motifs is 1. The number of carbonyl (C=O) groups excluding carboxylic acids is 1. The van der Waals surface area contributed by atoms with Crippen molar-refractivity contribution >= 4 is 39.2 Å². The Labute approximate surface area is 185 Å². The van der Waals surface area contributed by atoms with E-state index in [0.29, 0.717) is 5.57 Å². The topological polar surface area (TPSA) is 38.3 Å². The Hall–Kier alpha value is -2.85. The Kier molecular flexibility index (Phi) is 5.29. The Bertz CT molecular complexity index is 1150. The van der Waals surface area contributed by atoms with Gasteiger partial charge in [0.1, 0.15) is 11.5 Å². The normalized spacial score (nSPS) is 14.6. The summed E-state index contributed by atoms with van der Waals surface area (Å²) in [4.78, 5) is 12.6. The Morgan fingerprint density at radius 2 is 1.70 bits per heavy atom. The molecule has 0 radical (unpaired) electrons. The lowest BCUT2D eigenvalue weighted by Gasteiger charge is -2.19. The van der Waals surface area contributed by atoms with Crippen molar-refractivity contribution in [2.45, 2.75) is 33.1 Å². The molecule has 0 aliphatic carbocycles. The Balaban J connectivity index is 1.62. The van der Waals surface area contributed by atoms with E-state index in [9.17, 15) is 4.79 Å². The number of nitrogens with one attached hydrogen (secondary N) is 1. The van der Waals surface area contributed by atoms with Crippen LogP contribution in [0.4, 0.5) is 5.69 Å². The van der Waals surface area contributed by atoms with Crippen molar-refractivity contribution in [2.75, 3.05) is 5.32 Å². The van der Waals surface area contributed by atoms with E-state index < -0.39 is 0 Å². The number of hydrogen-bond acceptors (Lipinski definition) is 2.